The highest BCUT2D eigenvalue weighted by molar-refractivity contribution is 6.02. The van der Waals surface area contributed by atoms with E-state index in [-0.39, 0.29) is 5.78 Å². The topological polar surface area (TPSA) is 89.5 Å². The van der Waals surface area contributed by atoms with E-state index in [9.17, 15) is 15.3 Å². The van der Waals surface area contributed by atoms with Crippen molar-refractivity contribution in [1.82, 2.24) is 5.01 Å². The van der Waals surface area contributed by atoms with Crippen LogP contribution < -0.4 is 4.74 Å². The third-order valence-corrected chi connectivity index (χ3v) is 6.58. The van der Waals surface area contributed by atoms with Crippen LogP contribution >= 0.6 is 0 Å². The molecule has 0 spiro atoms. The molecular weight excluding hydrogens is 412 g/mol. The summed E-state index contributed by atoms with van der Waals surface area (Å²) in [6.45, 7) is 0. The minimum Gasteiger partial charge on any atom is -0.497 e. The SMILES string of the molecule is COc1ccc(C(=O)[C@@H]2[C@H](c3ccccc3)C(C#N)(C#N)[C@@H]3c4ccccc4C=NN23)cc1. The number of benzene rings is 3. The molecule has 33 heavy (non-hydrogen) atoms. The number of ketones is 1. The van der Waals surface area contributed by atoms with Gasteiger partial charge in [0.25, 0.3) is 0 Å². The smallest absolute Gasteiger partial charge is 0.187 e. The van der Waals surface area contributed by atoms with Crippen LogP contribution in [0.25, 0.3) is 0 Å². The minimum absolute atomic E-state index is 0.194. The van der Waals surface area contributed by atoms with Crippen LogP contribution in [0, 0.1) is 28.1 Å². The van der Waals surface area contributed by atoms with Crippen molar-refractivity contribution < 1.29 is 9.53 Å². The second-order valence-electron chi connectivity index (χ2n) is 8.17. The molecule has 1 fully saturated rings. The van der Waals surface area contributed by atoms with Gasteiger partial charge >= 0.3 is 0 Å². The van der Waals surface area contributed by atoms with Crippen LogP contribution in [-0.2, 0) is 0 Å². The zero-order chi connectivity index (χ0) is 23.0. The molecule has 0 amide bonds. The summed E-state index contributed by atoms with van der Waals surface area (Å²) in [5.41, 5.74) is 1.39. The number of Topliss-reactive ketones (excluding diaryl/α,β-unsaturated/α-hetero) is 1. The monoisotopic (exact) mass is 432 g/mol. The Morgan fingerprint density at radius 2 is 1.64 bits per heavy atom. The number of nitriles is 2. The van der Waals surface area contributed by atoms with Gasteiger partial charge in [-0.3, -0.25) is 9.80 Å². The van der Waals surface area contributed by atoms with Crippen LogP contribution in [0.4, 0.5) is 0 Å². The number of hydrogen-bond donors (Lipinski definition) is 0. The van der Waals surface area contributed by atoms with Gasteiger partial charge < -0.3 is 4.74 Å². The molecule has 0 unspecified atom stereocenters. The Hall–Kier alpha value is -4.42. The van der Waals surface area contributed by atoms with Crippen molar-refractivity contribution in [3.63, 3.8) is 0 Å². The number of hydrogen-bond acceptors (Lipinski definition) is 6. The van der Waals surface area contributed by atoms with Crippen molar-refractivity contribution in [2.75, 3.05) is 7.11 Å². The number of carbonyl (C=O) groups excluding carboxylic acids is 1. The summed E-state index contributed by atoms with van der Waals surface area (Å²) in [6, 6.07) is 26.9. The molecule has 2 aliphatic rings. The van der Waals surface area contributed by atoms with E-state index < -0.39 is 23.4 Å². The fourth-order valence-electron chi connectivity index (χ4n) is 5.06. The van der Waals surface area contributed by atoms with E-state index in [1.807, 2.05) is 54.6 Å². The quantitative estimate of drug-likeness (QED) is 0.568. The number of fused-ring (bicyclic) bond motifs is 3. The summed E-state index contributed by atoms with van der Waals surface area (Å²) in [6.07, 6.45) is 1.70. The third-order valence-electron chi connectivity index (χ3n) is 6.58. The Bertz CT molecular complexity index is 1300. The summed E-state index contributed by atoms with van der Waals surface area (Å²) < 4.78 is 5.23. The fourth-order valence-corrected chi connectivity index (χ4v) is 5.06. The molecule has 0 saturated carbocycles. The number of carbonyl (C=O) groups is 1. The lowest BCUT2D eigenvalue weighted by Gasteiger charge is -2.33. The first-order chi connectivity index (χ1) is 16.1. The standard InChI is InChI=1S/C27H20N4O2/c1-33-21-13-11-19(12-14-21)25(32)24-23(18-7-3-2-4-8-18)27(16-28,17-29)26-22-10-6-5-9-20(22)15-30-31(24)26/h2-15,23-24,26H,1H3/t23-,24-,26-/m0/s1. The molecule has 6 heteroatoms. The molecular formula is C27H20N4O2. The van der Waals surface area contributed by atoms with Crippen LogP contribution in [0.5, 0.6) is 5.75 Å². The van der Waals surface area contributed by atoms with Gasteiger partial charge in [0.05, 0.1) is 25.5 Å². The largest absolute Gasteiger partial charge is 0.497 e. The van der Waals surface area contributed by atoms with Gasteiger partial charge in [0.1, 0.15) is 17.8 Å². The lowest BCUT2D eigenvalue weighted by atomic mass is 9.67. The second-order valence-corrected chi connectivity index (χ2v) is 8.17. The molecule has 3 aromatic rings. The van der Waals surface area contributed by atoms with Crippen molar-refractivity contribution in [2.24, 2.45) is 10.5 Å². The van der Waals surface area contributed by atoms with Gasteiger partial charge in [0, 0.05) is 11.5 Å². The van der Waals surface area contributed by atoms with Crippen molar-refractivity contribution in [2.45, 2.75) is 18.0 Å². The van der Waals surface area contributed by atoms with Crippen molar-refractivity contribution in [1.29, 1.82) is 10.5 Å². The first-order valence-electron chi connectivity index (χ1n) is 10.6. The third kappa shape index (κ3) is 3.00. The maximum atomic E-state index is 13.9. The highest BCUT2D eigenvalue weighted by atomic mass is 16.5. The maximum Gasteiger partial charge on any atom is 0.187 e. The van der Waals surface area contributed by atoms with Crippen LogP contribution in [0.3, 0.4) is 0 Å². The van der Waals surface area contributed by atoms with Gasteiger partial charge in [0.2, 0.25) is 0 Å². The van der Waals surface area contributed by atoms with E-state index in [0.717, 1.165) is 16.7 Å². The molecule has 2 heterocycles. The first-order valence-corrected chi connectivity index (χ1v) is 10.6. The van der Waals surface area contributed by atoms with Crippen LogP contribution in [0.2, 0.25) is 0 Å². The molecule has 160 valence electrons. The molecule has 0 radical (unpaired) electrons. The van der Waals surface area contributed by atoms with E-state index in [0.29, 0.717) is 11.3 Å². The molecule has 1 saturated heterocycles. The van der Waals surface area contributed by atoms with Crippen molar-refractivity contribution in [3.8, 4) is 17.9 Å². The van der Waals surface area contributed by atoms with E-state index in [4.69, 9.17) is 4.74 Å². The molecule has 0 aliphatic carbocycles. The molecule has 0 N–H and O–H groups in total. The Morgan fingerprint density at radius 3 is 2.30 bits per heavy atom. The van der Waals surface area contributed by atoms with Gasteiger partial charge in [0.15, 0.2) is 11.2 Å². The number of hydrazone groups is 1. The van der Waals surface area contributed by atoms with Gasteiger partial charge in [-0.1, -0.05) is 54.6 Å². The molecule has 6 nitrogen and oxygen atoms in total. The second kappa shape index (κ2) is 7.93. The number of nitrogens with zero attached hydrogens (tertiary/aromatic N) is 4. The van der Waals surface area contributed by atoms with Crippen LogP contribution in [-0.4, -0.2) is 30.2 Å². The fraction of sp³-hybridized carbons (Fsp3) is 0.185. The van der Waals surface area contributed by atoms with E-state index in [1.165, 1.54) is 0 Å². The molecule has 0 aromatic heterocycles. The molecule has 2 aliphatic heterocycles. The van der Waals surface area contributed by atoms with Gasteiger partial charge in [-0.2, -0.15) is 15.6 Å². The maximum absolute atomic E-state index is 13.9. The summed E-state index contributed by atoms with van der Waals surface area (Å²) in [4.78, 5) is 13.9. The zero-order valence-electron chi connectivity index (χ0n) is 17.9. The van der Waals surface area contributed by atoms with Crippen LogP contribution in [0.15, 0.2) is 84.0 Å². The highest BCUT2D eigenvalue weighted by Crippen LogP contribution is 2.59. The van der Waals surface area contributed by atoms with E-state index >= 15 is 0 Å². The van der Waals surface area contributed by atoms with Crippen molar-refractivity contribution in [3.05, 3.63) is 101 Å². The van der Waals surface area contributed by atoms with Gasteiger partial charge in [-0.05, 0) is 41.0 Å². The van der Waals surface area contributed by atoms with Crippen LogP contribution in [0.1, 0.15) is 39.0 Å². The normalized spacial score (nSPS) is 21.9. The number of methoxy groups -OCH3 is 1. The predicted molar refractivity (Wildman–Crippen MR) is 123 cm³/mol. The summed E-state index contributed by atoms with van der Waals surface area (Å²) >= 11 is 0. The lowest BCUT2D eigenvalue weighted by Crippen LogP contribution is -2.38. The average Bonchev–Trinajstić information content (AvgIpc) is 3.20. The molecule has 3 atom stereocenters. The number of ether oxygens (including phenoxy) is 1. The Labute approximate surface area is 192 Å². The Morgan fingerprint density at radius 1 is 0.970 bits per heavy atom. The van der Waals surface area contributed by atoms with Gasteiger partial charge in [-0.25, -0.2) is 0 Å². The van der Waals surface area contributed by atoms with Gasteiger partial charge in [-0.15, -0.1) is 0 Å². The molecule has 3 aromatic carbocycles. The summed E-state index contributed by atoms with van der Waals surface area (Å²) in [5.74, 6) is -0.249. The van der Waals surface area contributed by atoms with E-state index in [2.05, 4.69) is 17.2 Å². The highest BCUT2D eigenvalue weighted by Gasteiger charge is 2.64. The Kier molecular flexibility index (Phi) is 4.92. The predicted octanol–water partition coefficient (Wildman–Crippen LogP) is 4.47. The van der Waals surface area contributed by atoms with Crippen molar-refractivity contribution >= 4 is 12.0 Å². The summed E-state index contributed by atoms with van der Waals surface area (Å²) in [5, 5.41) is 27.2. The number of rotatable bonds is 4. The zero-order valence-corrected chi connectivity index (χ0v) is 17.9. The average molecular weight is 432 g/mol. The first kappa shape index (κ1) is 20.5. The minimum atomic E-state index is -1.51. The Balaban J connectivity index is 1.74. The molecule has 5 rings (SSSR count). The summed E-state index contributed by atoms with van der Waals surface area (Å²) in [7, 11) is 1.57. The van der Waals surface area contributed by atoms with E-state index in [1.54, 1.807) is 42.6 Å². The lowest BCUT2D eigenvalue weighted by molar-refractivity contribution is 0.0821. The molecule has 0 bridgehead atoms.